The van der Waals surface area contributed by atoms with Crippen molar-refractivity contribution in [2.75, 3.05) is 11.9 Å². The van der Waals surface area contributed by atoms with Crippen LogP contribution >= 0.6 is 11.3 Å². The summed E-state index contributed by atoms with van der Waals surface area (Å²) in [7, 11) is 0. The molecule has 3 aromatic heterocycles. The van der Waals surface area contributed by atoms with E-state index in [2.05, 4.69) is 15.4 Å². The minimum Gasteiger partial charge on any atom is -0.494 e. The molecule has 0 radical (unpaired) electrons. The Bertz CT molecular complexity index is 1360. The van der Waals surface area contributed by atoms with E-state index in [1.165, 1.54) is 4.68 Å². The Labute approximate surface area is 200 Å². The van der Waals surface area contributed by atoms with Gasteiger partial charge in [0.25, 0.3) is 5.56 Å². The van der Waals surface area contributed by atoms with E-state index < -0.39 is 0 Å². The zero-order chi connectivity index (χ0) is 23.5. The van der Waals surface area contributed by atoms with Crippen molar-refractivity contribution in [1.29, 1.82) is 0 Å². The van der Waals surface area contributed by atoms with Gasteiger partial charge in [-0.3, -0.25) is 14.6 Å². The second-order valence-corrected chi connectivity index (χ2v) is 9.08. The number of nitrogens with zero attached hydrogens (tertiary/aromatic N) is 3. The Hall–Kier alpha value is -3.72. The summed E-state index contributed by atoms with van der Waals surface area (Å²) in [4.78, 5) is 34.1. The summed E-state index contributed by atoms with van der Waals surface area (Å²) in [6.07, 6.45) is 3.70. The number of nitrogens with one attached hydrogen (secondary N) is 2. The SMILES string of the molecule is CCOc1ccc(CC(=O)Nc2cc(-c3cccs3)nn2-c2nc3c(c(=O)[nH]2)CCCC3)cc1. The minimum atomic E-state index is -0.191. The number of thiophene rings is 1. The van der Waals surface area contributed by atoms with Gasteiger partial charge in [-0.2, -0.15) is 9.78 Å². The highest BCUT2D eigenvalue weighted by atomic mass is 32.1. The van der Waals surface area contributed by atoms with E-state index >= 15 is 0 Å². The van der Waals surface area contributed by atoms with Gasteiger partial charge in [0.2, 0.25) is 11.9 Å². The van der Waals surface area contributed by atoms with Crippen LogP contribution in [0.3, 0.4) is 0 Å². The van der Waals surface area contributed by atoms with Gasteiger partial charge in [-0.25, -0.2) is 4.98 Å². The van der Waals surface area contributed by atoms with Crippen LogP contribution in [-0.2, 0) is 24.1 Å². The number of ether oxygens (including phenoxy) is 1. The molecular weight excluding hydrogens is 450 g/mol. The molecule has 1 aliphatic carbocycles. The lowest BCUT2D eigenvalue weighted by molar-refractivity contribution is -0.115. The average Bonchev–Trinajstić information content (AvgIpc) is 3.51. The summed E-state index contributed by atoms with van der Waals surface area (Å²) in [5.41, 5.74) is 2.99. The monoisotopic (exact) mass is 475 g/mol. The van der Waals surface area contributed by atoms with Crippen molar-refractivity contribution in [3.63, 3.8) is 0 Å². The molecule has 9 heteroatoms. The third-order valence-electron chi connectivity index (χ3n) is 5.73. The summed E-state index contributed by atoms with van der Waals surface area (Å²) in [5.74, 6) is 1.35. The lowest BCUT2D eigenvalue weighted by Gasteiger charge is -2.15. The van der Waals surface area contributed by atoms with Gasteiger partial charge in [0.1, 0.15) is 17.3 Å². The van der Waals surface area contributed by atoms with Crippen molar-refractivity contribution in [3.05, 3.63) is 75.0 Å². The third kappa shape index (κ3) is 4.65. The number of rotatable bonds is 7. The Morgan fingerprint density at radius 1 is 1.21 bits per heavy atom. The van der Waals surface area contributed by atoms with E-state index in [1.54, 1.807) is 17.4 Å². The molecule has 1 aromatic carbocycles. The second kappa shape index (κ2) is 9.64. The van der Waals surface area contributed by atoms with Crippen molar-refractivity contribution in [2.24, 2.45) is 0 Å². The van der Waals surface area contributed by atoms with Gasteiger partial charge in [0, 0.05) is 11.6 Å². The van der Waals surface area contributed by atoms with E-state index in [0.29, 0.717) is 24.1 Å². The van der Waals surface area contributed by atoms with Crippen molar-refractivity contribution in [2.45, 2.75) is 39.0 Å². The van der Waals surface area contributed by atoms with Gasteiger partial charge in [0.05, 0.1) is 23.6 Å². The molecule has 34 heavy (non-hydrogen) atoms. The Morgan fingerprint density at radius 2 is 2.03 bits per heavy atom. The molecule has 4 aromatic rings. The van der Waals surface area contributed by atoms with Crippen molar-refractivity contribution in [1.82, 2.24) is 19.7 Å². The van der Waals surface area contributed by atoms with Crippen molar-refractivity contribution >= 4 is 23.1 Å². The summed E-state index contributed by atoms with van der Waals surface area (Å²) in [5, 5.41) is 9.59. The molecule has 3 heterocycles. The van der Waals surface area contributed by atoms with Gasteiger partial charge < -0.3 is 10.1 Å². The quantitative estimate of drug-likeness (QED) is 0.418. The first kappa shape index (κ1) is 22.1. The number of carbonyl (C=O) groups is 1. The molecular formula is C25H25N5O3S. The Kier molecular flexibility index (Phi) is 6.27. The van der Waals surface area contributed by atoms with Crippen LogP contribution in [0.25, 0.3) is 16.5 Å². The predicted octanol–water partition coefficient (Wildman–Crippen LogP) is 4.14. The highest BCUT2D eigenvalue weighted by molar-refractivity contribution is 7.13. The number of hydrogen-bond donors (Lipinski definition) is 2. The maximum atomic E-state index is 12.9. The van der Waals surface area contributed by atoms with Crippen LogP contribution in [0.1, 0.15) is 36.6 Å². The number of benzene rings is 1. The normalized spacial score (nSPS) is 12.9. The van der Waals surface area contributed by atoms with Gasteiger partial charge in [-0.15, -0.1) is 11.3 Å². The zero-order valence-corrected chi connectivity index (χ0v) is 19.7. The molecule has 0 bridgehead atoms. The van der Waals surface area contributed by atoms with Crippen LogP contribution in [0.15, 0.2) is 52.6 Å². The number of aromatic nitrogens is 4. The lowest BCUT2D eigenvalue weighted by Crippen LogP contribution is -2.25. The number of aryl methyl sites for hydroxylation is 1. The molecule has 8 nitrogen and oxygen atoms in total. The summed E-state index contributed by atoms with van der Waals surface area (Å²) < 4.78 is 6.98. The van der Waals surface area contributed by atoms with Crippen molar-refractivity contribution in [3.8, 4) is 22.3 Å². The van der Waals surface area contributed by atoms with E-state index in [9.17, 15) is 9.59 Å². The highest BCUT2D eigenvalue weighted by Gasteiger charge is 2.20. The largest absolute Gasteiger partial charge is 0.494 e. The first-order valence-corrected chi connectivity index (χ1v) is 12.3. The Balaban J connectivity index is 1.45. The molecule has 1 amide bonds. The lowest BCUT2D eigenvalue weighted by atomic mass is 9.97. The molecule has 0 fully saturated rings. The van der Waals surface area contributed by atoms with Gasteiger partial charge >= 0.3 is 0 Å². The van der Waals surface area contributed by atoms with Crippen molar-refractivity contribution < 1.29 is 9.53 Å². The number of amides is 1. The van der Waals surface area contributed by atoms with E-state index in [-0.39, 0.29) is 17.9 Å². The van der Waals surface area contributed by atoms with Crippen LogP contribution in [-0.4, -0.2) is 32.3 Å². The molecule has 5 rings (SSSR count). The molecule has 0 saturated carbocycles. The molecule has 0 atom stereocenters. The number of carbonyl (C=O) groups excluding carboxylic acids is 1. The highest BCUT2D eigenvalue weighted by Crippen LogP contribution is 2.28. The molecule has 0 spiro atoms. The number of aromatic amines is 1. The van der Waals surface area contributed by atoms with E-state index in [4.69, 9.17) is 9.72 Å². The fourth-order valence-electron chi connectivity index (χ4n) is 4.11. The van der Waals surface area contributed by atoms with Gasteiger partial charge in [0.15, 0.2) is 0 Å². The fourth-order valence-corrected chi connectivity index (χ4v) is 4.79. The van der Waals surface area contributed by atoms with Crippen LogP contribution < -0.4 is 15.6 Å². The molecule has 0 unspecified atom stereocenters. The van der Waals surface area contributed by atoms with Crippen LogP contribution in [0, 0.1) is 0 Å². The second-order valence-electron chi connectivity index (χ2n) is 8.13. The first-order valence-electron chi connectivity index (χ1n) is 11.4. The van der Waals surface area contributed by atoms with Crippen LogP contribution in [0.5, 0.6) is 5.75 Å². The summed E-state index contributed by atoms with van der Waals surface area (Å²) in [6, 6.07) is 13.2. The molecule has 174 valence electrons. The maximum Gasteiger partial charge on any atom is 0.255 e. The molecule has 0 saturated heterocycles. The number of H-pyrrole nitrogens is 1. The molecule has 2 N–H and O–H groups in total. The Morgan fingerprint density at radius 3 is 2.79 bits per heavy atom. The minimum absolute atomic E-state index is 0.139. The first-order chi connectivity index (χ1) is 16.6. The summed E-state index contributed by atoms with van der Waals surface area (Å²) >= 11 is 1.55. The van der Waals surface area contributed by atoms with Crippen LogP contribution in [0.4, 0.5) is 5.82 Å². The average molecular weight is 476 g/mol. The summed E-state index contributed by atoms with van der Waals surface area (Å²) in [6.45, 7) is 2.52. The van der Waals surface area contributed by atoms with Crippen LogP contribution in [0.2, 0.25) is 0 Å². The topological polar surface area (TPSA) is 102 Å². The zero-order valence-electron chi connectivity index (χ0n) is 18.8. The van der Waals surface area contributed by atoms with E-state index in [0.717, 1.165) is 53.1 Å². The third-order valence-corrected chi connectivity index (χ3v) is 6.62. The number of fused-ring (bicyclic) bond motifs is 1. The number of hydrogen-bond acceptors (Lipinski definition) is 6. The molecule has 0 aliphatic heterocycles. The predicted molar refractivity (Wildman–Crippen MR) is 132 cm³/mol. The molecule has 1 aliphatic rings. The fraction of sp³-hybridized carbons (Fsp3) is 0.280. The number of anilines is 1. The van der Waals surface area contributed by atoms with Gasteiger partial charge in [-0.05, 0) is 61.7 Å². The maximum absolute atomic E-state index is 12.9. The smallest absolute Gasteiger partial charge is 0.255 e. The standard InChI is InChI=1S/C25H25N5O3S/c1-2-33-17-11-9-16(10-12-17)14-23(31)27-22-15-20(21-8-5-13-34-21)29-30(22)25-26-19-7-4-3-6-18(19)24(32)28-25/h5,8-13,15H,2-4,6-7,14H2,1H3,(H,27,31)(H,26,28,32). The van der Waals surface area contributed by atoms with Gasteiger partial charge in [-0.1, -0.05) is 18.2 Å². The van der Waals surface area contributed by atoms with E-state index in [1.807, 2.05) is 48.7 Å².